The van der Waals surface area contributed by atoms with Gasteiger partial charge in [-0.05, 0) is 53.9 Å². The normalized spacial score (nSPS) is 18.4. The lowest BCUT2D eigenvalue weighted by atomic mass is 9.87. The van der Waals surface area contributed by atoms with Crippen molar-refractivity contribution in [2.24, 2.45) is 5.16 Å². The molecule has 0 aromatic heterocycles. The maximum absolute atomic E-state index is 13.4. The van der Waals surface area contributed by atoms with Crippen molar-refractivity contribution in [3.8, 4) is 0 Å². The minimum Gasteiger partial charge on any atom is -0.391 e. The molecule has 33 heavy (non-hydrogen) atoms. The fraction of sp³-hybridized carbons (Fsp3) is 0.269. The molecule has 0 bridgehead atoms. The summed E-state index contributed by atoms with van der Waals surface area (Å²) in [6.07, 6.45) is -3.56. The van der Waals surface area contributed by atoms with Crippen molar-refractivity contribution in [1.29, 1.82) is 0 Å². The van der Waals surface area contributed by atoms with Crippen molar-refractivity contribution >= 4 is 5.71 Å². The van der Waals surface area contributed by atoms with Gasteiger partial charge in [-0.2, -0.15) is 13.2 Å². The topological polar surface area (TPSA) is 24.8 Å². The summed E-state index contributed by atoms with van der Waals surface area (Å²) in [5, 5.41) is 4.38. The number of nitrogens with zero attached hydrogens (tertiary/aromatic N) is 2. The molecule has 1 aliphatic rings. The van der Waals surface area contributed by atoms with Crippen LogP contribution < -0.4 is 0 Å². The standard InChI is InChI=1S/C26H24F4N2O/c27-23-12-8-21(9-13-23)24-14-15-32(16-19-4-2-1-3-5-19)17-25(24)31-33-18-20-6-10-22(11-7-20)26(28,29)30/h1-13,24H,14-18H2/b31-25+. The first-order valence-corrected chi connectivity index (χ1v) is 10.7. The molecule has 7 heteroatoms. The van der Waals surface area contributed by atoms with Crippen LogP contribution in [0.4, 0.5) is 17.6 Å². The zero-order valence-corrected chi connectivity index (χ0v) is 17.9. The molecular weight excluding hydrogens is 432 g/mol. The van der Waals surface area contributed by atoms with E-state index in [0.717, 1.165) is 42.9 Å². The molecule has 1 saturated heterocycles. The zero-order valence-electron chi connectivity index (χ0n) is 17.9. The Hall–Kier alpha value is -3.19. The predicted molar refractivity (Wildman–Crippen MR) is 119 cm³/mol. The molecule has 1 heterocycles. The van der Waals surface area contributed by atoms with Crippen LogP contribution in [0.5, 0.6) is 0 Å². The van der Waals surface area contributed by atoms with E-state index in [1.54, 1.807) is 12.1 Å². The Labute approximate surface area is 190 Å². The van der Waals surface area contributed by atoms with Gasteiger partial charge >= 0.3 is 6.18 Å². The molecule has 1 atom stereocenters. The van der Waals surface area contributed by atoms with Gasteiger partial charge in [0.05, 0.1) is 11.3 Å². The Morgan fingerprint density at radius 3 is 2.24 bits per heavy atom. The van der Waals surface area contributed by atoms with Crippen LogP contribution in [0.3, 0.4) is 0 Å². The lowest BCUT2D eigenvalue weighted by Crippen LogP contribution is -2.39. The summed E-state index contributed by atoms with van der Waals surface area (Å²) in [4.78, 5) is 7.84. The highest BCUT2D eigenvalue weighted by Gasteiger charge is 2.30. The summed E-state index contributed by atoms with van der Waals surface area (Å²) in [5.41, 5.74) is 2.88. The van der Waals surface area contributed by atoms with Gasteiger partial charge in [0.15, 0.2) is 0 Å². The first-order chi connectivity index (χ1) is 15.9. The molecule has 172 valence electrons. The molecule has 4 rings (SSSR count). The van der Waals surface area contributed by atoms with Gasteiger partial charge in [-0.1, -0.05) is 59.8 Å². The Balaban J connectivity index is 1.47. The Bertz CT molecular complexity index is 1060. The number of rotatable bonds is 6. The molecule has 3 aromatic carbocycles. The van der Waals surface area contributed by atoms with Crippen LogP contribution in [0.1, 0.15) is 34.6 Å². The molecule has 3 nitrogen and oxygen atoms in total. The zero-order chi connectivity index (χ0) is 23.3. The molecule has 1 fully saturated rings. The van der Waals surface area contributed by atoms with E-state index in [1.165, 1.54) is 29.8 Å². The highest BCUT2D eigenvalue weighted by molar-refractivity contribution is 5.93. The minimum atomic E-state index is -4.37. The fourth-order valence-corrected chi connectivity index (χ4v) is 4.00. The molecule has 0 radical (unpaired) electrons. The summed E-state index contributed by atoms with van der Waals surface area (Å²) >= 11 is 0. The molecular formula is C26H24F4N2O. The summed E-state index contributed by atoms with van der Waals surface area (Å²) in [6, 6.07) is 21.4. The van der Waals surface area contributed by atoms with E-state index in [2.05, 4.69) is 22.2 Å². The fourth-order valence-electron chi connectivity index (χ4n) is 4.00. The van der Waals surface area contributed by atoms with Crippen LogP contribution in [-0.2, 0) is 24.2 Å². The lowest BCUT2D eigenvalue weighted by Gasteiger charge is -2.33. The van der Waals surface area contributed by atoms with Crippen molar-refractivity contribution < 1.29 is 22.4 Å². The highest BCUT2D eigenvalue weighted by atomic mass is 19.4. The van der Waals surface area contributed by atoms with Crippen LogP contribution in [0.15, 0.2) is 84.0 Å². The van der Waals surface area contributed by atoms with E-state index < -0.39 is 11.7 Å². The SMILES string of the molecule is Fc1ccc(C2CCN(Cc3ccccc3)C/C2=N\OCc2ccc(C(F)(F)F)cc2)cc1. The van der Waals surface area contributed by atoms with E-state index in [4.69, 9.17) is 4.84 Å². The maximum Gasteiger partial charge on any atom is 0.416 e. The van der Waals surface area contributed by atoms with Gasteiger partial charge in [0.25, 0.3) is 0 Å². The molecule has 1 aliphatic heterocycles. The summed E-state index contributed by atoms with van der Waals surface area (Å²) in [6.45, 7) is 2.28. The maximum atomic E-state index is 13.4. The van der Waals surface area contributed by atoms with Crippen molar-refractivity contribution in [2.75, 3.05) is 13.1 Å². The number of likely N-dealkylation sites (tertiary alicyclic amines) is 1. The molecule has 0 saturated carbocycles. The Morgan fingerprint density at radius 2 is 1.58 bits per heavy atom. The lowest BCUT2D eigenvalue weighted by molar-refractivity contribution is -0.137. The van der Waals surface area contributed by atoms with Gasteiger partial charge in [0.1, 0.15) is 12.4 Å². The second-order valence-corrected chi connectivity index (χ2v) is 8.14. The second kappa shape index (κ2) is 10.2. The smallest absolute Gasteiger partial charge is 0.391 e. The van der Waals surface area contributed by atoms with Crippen molar-refractivity contribution in [3.63, 3.8) is 0 Å². The quantitative estimate of drug-likeness (QED) is 0.316. The first kappa shape index (κ1) is 23.0. The van der Waals surface area contributed by atoms with E-state index in [-0.39, 0.29) is 18.3 Å². The third kappa shape index (κ3) is 6.20. The summed E-state index contributed by atoms with van der Waals surface area (Å²) < 4.78 is 51.7. The van der Waals surface area contributed by atoms with Gasteiger partial charge in [-0.3, -0.25) is 4.90 Å². The third-order valence-electron chi connectivity index (χ3n) is 5.74. The van der Waals surface area contributed by atoms with E-state index in [0.29, 0.717) is 12.1 Å². The van der Waals surface area contributed by atoms with Crippen molar-refractivity contribution in [2.45, 2.75) is 31.7 Å². The average molecular weight is 456 g/mol. The molecule has 1 unspecified atom stereocenters. The molecule has 0 amide bonds. The number of alkyl halides is 3. The highest BCUT2D eigenvalue weighted by Crippen LogP contribution is 2.30. The molecule has 0 aliphatic carbocycles. The number of piperidine rings is 1. The largest absolute Gasteiger partial charge is 0.416 e. The van der Waals surface area contributed by atoms with Crippen LogP contribution >= 0.6 is 0 Å². The average Bonchev–Trinajstić information content (AvgIpc) is 2.80. The van der Waals surface area contributed by atoms with Gasteiger partial charge in [0, 0.05) is 19.0 Å². The third-order valence-corrected chi connectivity index (χ3v) is 5.74. The van der Waals surface area contributed by atoms with Crippen molar-refractivity contribution in [1.82, 2.24) is 4.90 Å². The number of benzene rings is 3. The number of hydrogen-bond donors (Lipinski definition) is 0. The summed E-state index contributed by atoms with van der Waals surface area (Å²) in [5.74, 6) is -0.303. The van der Waals surface area contributed by atoms with Crippen molar-refractivity contribution in [3.05, 3.63) is 107 Å². The van der Waals surface area contributed by atoms with Gasteiger partial charge in [-0.15, -0.1) is 0 Å². The van der Waals surface area contributed by atoms with E-state index in [1.807, 2.05) is 18.2 Å². The van der Waals surface area contributed by atoms with Crippen LogP contribution in [0, 0.1) is 5.82 Å². The van der Waals surface area contributed by atoms with Crippen LogP contribution in [0.2, 0.25) is 0 Å². The van der Waals surface area contributed by atoms with Gasteiger partial charge < -0.3 is 4.84 Å². The number of halogens is 4. The predicted octanol–water partition coefficient (Wildman–Crippen LogP) is 6.41. The second-order valence-electron chi connectivity index (χ2n) is 8.14. The van der Waals surface area contributed by atoms with E-state index >= 15 is 0 Å². The minimum absolute atomic E-state index is 0.00905. The molecule has 0 spiro atoms. The molecule has 0 N–H and O–H groups in total. The first-order valence-electron chi connectivity index (χ1n) is 10.7. The molecule has 3 aromatic rings. The Morgan fingerprint density at radius 1 is 0.879 bits per heavy atom. The van der Waals surface area contributed by atoms with Gasteiger partial charge in [0.2, 0.25) is 0 Å². The van der Waals surface area contributed by atoms with Gasteiger partial charge in [-0.25, -0.2) is 4.39 Å². The van der Waals surface area contributed by atoms with Crippen LogP contribution in [-0.4, -0.2) is 23.7 Å². The summed E-state index contributed by atoms with van der Waals surface area (Å²) in [7, 11) is 0. The number of hydrogen-bond acceptors (Lipinski definition) is 3. The van der Waals surface area contributed by atoms with Crippen LogP contribution in [0.25, 0.3) is 0 Å². The van der Waals surface area contributed by atoms with E-state index in [9.17, 15) is 17.6 Å². The Kier molecular flexibility index (Phi) is 7.08. The number of oxime groups is 1. The monoisotopic (exact) mass is 456 g/mol.